The van der Waals surface area contributed by atoms with Crippen LogP contribution < -0.4 is 0 Å². The number of para-hydroxylation sites is 2. The Labute approximate surface area is 135 Å². The fourth-order valence-electron chi connectivity index (χ4n) is 2.17. The third kappa shape index (κ3) is 2.17. The Morgan fingerprint density at radius 1 is 0.900 bits per heavy atom. The van der Waals surface area contributed by atoms with Crippen LogP contribution in [0.3, 0.4) is 0 Å². The van der Waals surface area contributed by atoms with Gasteiger partial charge in [-0.05, 0) is 24.3 Å². The van der Waals surface area contributed by atoms with Crippen molar-refractivity contribution < 1.29 is 0 Å². The van der Waals surface area contributed by atoms with E-state index in [0.717, 1.165) is 11.0 Å². The van der Waals surface area contributed by atoms with E-state index in [1.165, 1.54) is 0 Å². The fraction of sp³-hybridized carbons (Fsp3) is 0.0714. The van der Waals surface area contributed by atoms with Crippen LogP contribution in [0.4, 0.5) is 0 Å². The highest BCUT2D eigenvalue weighted by molar-refractivity contribution is 6.38. The third-order valence-corrected chi connectivity index (χ3v) is 4.13. The third-order valence-electron chi connectivity index (χ3n) is 2.98. The SMILES string of the molecule is ClCc1nc2cccc(Cl)c2n1-c1c(Cl)cccc1Cl. The van der Waals surface area contributed by atoms with Crippen LogP contribution in [0.5, 0.6) is 0 Å². The molecule has 6 heteroatoms. The van der Waals surface area contributed by atoms with E-state index in [2.05, 4.69) is 4.98 Å². The lowest BCUT2D eigenvalue weighted by Gasteiger charge is -2.12. The molecule has 2 aromatic carbocycles. The standard InChI is InChI=1S/C14H8Cl4N2/c15-7-12-19-11-6-2-5-10(18)14(11)20(12)13-8(16)3-1-4-9(13)17/h1-6H,7H2. The normalized spacial score (nSPS) is 11.2. The van der Waals surface area contributed by atoms with E-state index in [1.807, 2.05) is 16.7 Å². The van der Waals surface area contributed by atoms with Crippen LogP contribution >= 0.6 is 46.4 Å². The lowest BCUT2D eigenvalue weighted by Crippen LogP contribution is -2.01. The summed E-state index contributed by atoms with van der Waals surface area (Å²) in [5, 5.41) is 1.61. The smallest absolute Gasteiger partial charge is 0.129 e. The minimum Gasteiger partial charge on any atom is -0.291 e. The van der Waals surface area contributed by atoms with Crippen LogP contribution in [0.1, 0.15) is 5.82 Å². The molecule has 0 saturated heterocycles. The zero-order valence-corrected chi connectivity index (χ0v) is 13.1. The van der Waals surface area contributed by atoms with Gasteiger partial charge in [-0.25, -0.2) is 4.98 Å². The first-order chi connectivity index (χ1) is 9.63. The quantitative estimate of drug-likeness (QED) is 0.543. The second-order valence-corrected chi connectivity index (χ2v) is 5.66. The van der Waals surface area contributed by atoms with Crippen molar-refractivity contribution in [3.05, 3.63) is 57.3 Å². The highest BCUT2D eigenvalue weighted by Gasteiger charge is 2.18. The Bertz CT molecular complexity index is 775. The van der Waals surface area contributed by atoms with Crippen molar-refractivity contribution in [2.45, 2.75) is 5.88 Å². The van der Waals surface area contributed by atoms with Gasteiger partial charge < -0.3 is 0 Å². The van der Waals surface area contributed by atoms with Gasteiger partial charge in [-0.15, -0.1) is 11.6 Å². The van der Waals surface area contributed by atoms with E-state index in [0.29, 0.717) is 26.6 Å². The lowest BCUT2D eigenvalue weighted by molar-refractivity contribution is 0.982. The average molecular weight is 346 g/mol. The van der Waals surface area contributed by atoms with Gasteiger partial charge in [0.1, 0.15) is 5.82 Å². The maximum atomic E-state index is 6.30. The number of hydrogen-bond donors (Lipinski definition) is 0. The van der Waals surface area contributed by atoms with E-state index < -0.39 is 0 Å². The van der Waals surface area contributed by atoms with Gasteiger partial charge in [0.05, 0.1) is 37.7 Å². The van der Waals surface area contributed by atoms with Crippen molar-refractivity contribution in [3.63, 3.8) is 0 Å². The van der Waals surface area contributed by atoms with Crippen LogP contribution in [-0.4, -0.2) is 9.55 Å². The molecule has 102 valence electrons. The summed E-state index contributed by atoms with van der Waals surface area (Å²) < 4.78 is 1.81. The number of aromatic nitrogens is 2. The Morgan fingerprint density at radius 3 is 2.15 bits per heavy atom. The van der Waals surface area contributed by atoms with Crippen molar-refractivity contribution in [2.24, 2.45) is 0 Å². The zero-order valence-electron chi connectivity index (χ0n) is 10.1. The number of rotatable bonds is 2. The summed E-state index contributed by atoms with van der Waals surface area (Å²) >= 11 is 24.9. The van der Waals surface area contributed by atoms with E-state index in [9.17, 15) is 0 Å². The predicted molar refractivity (Wildman–Crippen MR) is 85.7 cm³/mol. The van der Waals surface area contributed by atoms with E-state index in [1.54, 1.807) is 24.3 Å². The van der Waals surface area contributed by atoms with Crippen LogP contribution in [-0.2, 0) is 5.88 Å². The highest BCUT2D eigenvalue weighted by Crippen LogP contribution is 2.35. The van der Waals surface area contributed by atoms with Crippen LogP contribution in [0.25, 0.3) is 16.7 Å². The maximum Gasteiger partial charge on any atom is 0.129 e. The molecular weight excluding hydrogens is 338 g/mol. The molecule has 3 aromatic rings. The van der Waals surface area contributed by atoms with Gasteiger partial charge in [-0.3, -0.25) is 4.57 Å². The molecule has 0 atom stereocenters. The summed E-state index contributed by atoms with van der Waals surface area (Å²) in [5.41, 5.74) is 2.14. The molecule has 0 unspecified atom stereocenters. The van der Waals surface area contributed by atoms with Crippen molar-refractivity contribution in [3.8, 4) is 5.69 Å². The monoisotopic (exact) mass is 344 g/mol. The average Bonchev–Trinajstić information content (AvgIpc) is 2.79. The van der Waals surface area contributed by atoms with Gasteiger partial charge in [0.25, 0.3) is 0 Å². The van der Waals surface area contributed by atoms with Crippen LogP contribution in [0, 0.1) is 0 Å². The molecule has 0 saturated carbocycles. The van der Waals surface area contributed by atoms with E-state index in [4.69, 9.17) is 46.4 Å². The summed E-state index contributed by atoms with van der Waals surface area (Å²) in [4.78, 5) is 4.48. The van der Waals surface area contributed by atoms with E-state index in [-0.39, 0.29) is 5.88 Å². The molecule has 0 N–H and O–H groups in total. The molecule has 20 heavy (non-hydrogen) atoms. The van der Waals surface area contributed by atoms with Crippen molar-refractivity contribution >= 4 is 57.4 Å². The minimum atomic E-state index is 0.229. The number of fused-ring (bicyclic) bond motifs is 1. The number of alkyl halides is 1. The molecule has 1 aromatic heterocycles. The Hall–Kier alpha value is -0.930. The van der Waals surface area contributed by atoms with Gasteiger partial charge in [0.2, 0.25) is 0 Å². The Morgan fingerprint density at radius 2 is 1.50 bits per heavy atom. The van der Waals surface area contributed by atoms with Gasteiger partial charge >= 0.3 is 0 Å². The molecule has 1 heterocycles. The van der Waals surface area contributed by atoms with E-state index >= 15 is 0 Å². The number of halogens is 4. The minimum absolute atomic E-state index is 0.229. The summed E-state index contributed by atoms with van der Waals surface area (Å²) in [6.45, 7) is 0. The largest absolute Gasteiger partial charge is 0.291 e. The van der Waals surface area contributed by atoms with Gasteiger partial charge in [0, 0.05) is 0 Å². The molecule has 3 rings (SSSR count). The maximum absolute atomic E-state index is 6.30. The molecule has 2 nitrogen and oxygen atoms in total. The second-order valence-electron chi connectivity index (χ2n) is 4.17. The van der Waals surface area contributed by atoms with Gasteiger partial charge in [-0.2, -0.15) is 0 Å². The fourth-order valence-corrected chi connectivity index (χ4v) is 3.17. The van der Waals surface area contributed by atoms with Crippen molar-refractivity contribution in [1.82, 2.24) is 9.55 Å². The number of hydrogen-bond acceptors (Lipinski definition) is 1. The Balaban J connectivity index is 2.46. The molecule has 0 bridgehead atoms. The van der Waals surface area contributed by atoms with Crippen LogP contribution in [0.2, 0.25) is 15.1 Å². The number of benzene rings is 2. The molecule has 0 aliphatic rings. The summed E-state index contributed by atoms with van der Waals surface area (Å²) in [5.74, 6) is 0.872. The van der Waals surface area contributed by atoms with Crippen LogP contribution in [0.15, 0.2) is 36.4 Å². The predicted octanol–water partition coefficient (Wildman–Crippen LogP) is 5.72. The van der Waals surface area contributed by atoms with Gasteiger partial charge in [0.15, 0.2) is 0 Å². The molecule has 0 radical (unpaired) electrons. The summed E-state index contributed by atoms with van der Waals surface area (Å²) in [6.07, 6.45) is 0. The molecule has 0 spiro atoms. The highest BCUT2D eigenvalue weighted by atomic mass is 35.5. The first-order valence-electron chi connectivity index (χ1n) is 5.79. The molecular formula is C14H8Cl4N2. The number of imidazole rings is 1. The molecule has 0 fully saturated rings. The summed E-state index contributed by atoms with van der Waals surface area (Å²) in [7, 11) is 0. The topological polar surface area (TPSA) is 17.8 Å². The van der Waals surface area contributed by atoms with Gasteiger partial charge in [-0.1, -0.05) is 46.9 Å². The first kappa shape index (κ1) is 14.0. The van der Waals surface area contributed by atoms with Crippen molar-refractivity contribution in [1.29, 1.82) is 0 Å². The zero-order chi connectivity index (χ0) is 14.3. The van der Waals surface area contributed by atoms with Crippen molar-refractivity contribution in [2.75, 3.05) is 0 Å². The molecule has 0 aliphatic heterocycles. The summed E-state index contributed by atoms with van der Waals surface area (Å²) in [6, 6.07) is 10.8. The first-order valence-corrected chi connectivity index (χ1v) is 7.46. The molecule has 0 aliphatic carbocycles. The molecule has 0 amide bonds. The number of nitrogens with zero attached hydrogens (tertiary/aromatic N) is 2. The second kappa shape index (κ2) is 5.45. The lowest BCUT2D eigenvalue weighted by atomic mass is 10.2. The Kier molecular flexibility index (Phi) is 3.83.